The highest BCUT2D eigenvalue weighted by Gasteiger charge is 2.48. The highest BCUT2D eigenvalue weighted by molar-refractivity contribution is 5.69. The van der Waals surface area contributed by atoms with Crippen LogP contribution in [0, 0.1) is 11.8 Å². The number of methoxy groups -OCH3 is 1. The number of esters is 3. The molecule has 1 aliphatic carbocycles. The predicted octanol–water partition coefficient (Wildman–Crippen LogP) is 4.59. The fourth-order valence-electron chi connectivity index (χ4n) is 4.48. The molecule has 0 aromatic heterocycles. The van der Waals surface area contributed by atoms with Gasteiger partial charge in [0.05, 0.1) is 7.11 Å². The second-order valence-corrected chi connectivity index (χ2v) is 8.73. The van der Waals surface area contributed by atoms with Crippen molar-refractivity contribution in [2.24, 2.45) is 11.8 Å². The summed E-state index contributed by atoms with van der Waals surface area (Å²) in [6, 6.07) is 0. The Hall–Kier alpha value is -2.38. The van der Waals surface area contributed by atoms with Crippen molar-refractivity contribution in [1.29, 1.82) is 0 Å². The molecule has 0 saturated heterocycles. The summed E-state index contributed by atoms with van der Waals surface area (Å²) in [5, 5.41) is 0. The van der Waals surface area contributed by atoms with E-state index >= 15 is 0 Å². The summed E-state index contributed by atoms with van der Waals surface area (Å²) in [5.74, 6) is -1.17. The Labute approximate surface area is 195 Å². The average Bonchev–Trinajstić information content (AvgIpc) is 3.29. The zero-order valence-corrected chi connectivity index (χ0v) is 20.1. The van der Waals surface area contributed by atoms with Crippen LogP contribution in [0.1, 0.15) is 72.1 Å². The molecule has 7 nitrogen and oxygen atoms in total. The van der Waals surface area contributed by atoms with Crippen molar-refractivity contribution in [3.8, 4) is 0 Å². The number of halogens is 1. The first-order valence-electron chi connectivity index (χ1n) is 11.9. The minimum atomic E-state index is -1.31. The predicted molar refractivity (Wildman–Crippen MR) is 120 cm³/mol. The van der Waals surface area contributed by atoms with E-state index in [0.717, 1.165) is 19.3 Å². The lowest BCUT2D eigenvalue weighted by molar-refractivity contribution is -0.147. The minimum Gasteiger partial charge on any atom is -0.491 e. The summed E-state index contributed by atoms with van der Waals surface area (Å²) < 4.78 is 36.2. The third kappa shape index (κ3) is 8.48. The van der Waals surface area contributed by atoms with Crippen molar-refractivity contribution in [2.45, 2.75) is 96.6 Å². The Morgan fingerprint density at radius 2 is 1.94 bits per heavy atom. The highest BCUT2D eigenvalue weighted by atomic mass is 19.1. The minimum absolute atomic E-state index is 0.145. The Kier molecular flexibility index (Phi) is 10.9. The fourth-order valence-corrected chi connectivity index (χ4v) is 4.48. The zero-order valence-electron chi connectivity index (χ0n) is 20.1. The topological polar surface area (TPSA) is 88.1 Å². The van der Waals surface area contributed by atoms with Crippen molar-refractivity contribution in [1.82, 2.24) is 0 Å². The second kappa shape index (κ2) is 13.4. The van der Waals surface area contributed by atoms with Gasteiger partial charge in [0.25, 0.3) is 0 Å². The summed E-state index contributed by atoms with van der Waals surface area (Å²) >= 11 is 0. The largest absolute Gasteiger partial charge is 0.491 e. The molecular weight excluding hydrogens is 431 g/mol. The van der Waals surface area contributed by atoms with E-state index in [1.54, 1.807) is 6.08 Å². The molecule has 186 valence electrons. The number of carbonyl (C=O) groups excluding carboxylic acids is 3. The van der Waals surface area contributed by atoms with Crippen molar-refractivity contribution in [3.05, 3.63) is 24.0 Å². The van der Waals surface area contributed by atoms with Crippen LogP contribution in [0.4, 0.5) is 4.39 Å². The van der Waals surface area contributed by atoms with Gasteiger partial charge in [0, 0.05) is 38.5 Å². The number of alkyl halides is 1. The smallest absolute Gasteiger partial charge is 0.305 e. The van der Waals surface area contributed by atoms with Crippen LogP contribution in [0.25, 0.3) is 0 Å². The van der Waals surface area contributed by atoms with Gasteiger partial charge in [0.2, 0.25) is 0 Å². The van der Waals surface area contributed by atoms with Gasteiger partial charge >= 0.3 is 17.9 Å². The molecule has 0 aromatic carbocycles. The molecule has 33 heavy (non-hydrogen) atoms. The van der Waals surface area contributed by atoms with Crippen molar-refractivity contribution in [2.75, 3.05) is 7.11 Å². The first-order chi connectivity index (χ1) is 15.7. The normalized spacial score (nSPS) is 25.7. The van der Waals surface area contributed by atoms with Crippen LogP contribution in [0.2, 0.25) is 0 Å². The lowest BCUT2D eigenvalue weighted by Crippen LogP contribution is -2.23. The SMILES string of the molecule is CCCCC[C@@H](/C=C/[C@@H]1[C@H]2C=C(C(F)CCCC(=O)OC)O[C@H]2C[C@H]1OC(C)=O)OC(C)=O. The van der Waals surface area contributed by atoms with Crippen LogP contribution in [0.3, 0.4) is 0 Å². The number of fused-ring (bicyclic) bond motifs is 1. The van der Waals surface area contributed by atoms with Gasteiger partial charge < -0.3 is 18.9 Å². The molecular formula is C25H37FO7. The summed E-state index contributed by atoms with van der Waals surface area (Å²) in [4.78, 5) is 34.4. The number of hydrogen-bond acceptors (Lipinski definition) is 7. The molecule has 1 saturated carbocycles. The zero-order chi connectivity index (χ0) is 24.4. The summed E-state index contributed by atoms with van der Waals surface area (Å²) in [6.07, 6.45) is 8.13. The van der Waals surface area contributed by atoms with E-state index in [9.17, 15) is 18.8 Å². The molecule has 0 radical (unpaired) electrons. The van der Waals surface area contributed by atoms with Gasteiger partial charge in [-0.05, 0) is 37.8 Å². The monoisotopic (exact) mass is 468 g/mol. The number of unbranched alkanes of at least 4 members (excludes halogenated alkanes) is 2. The first-order valence-corrected chi connectivity index (χ1v) is 11.9. The standard InChI is InChI=1S/C25H37FO7/c1-5-6-7-9-18(31-16(2)27)12-13-19-20-14-24(21(26)10-8-11-25(29)30-4)33-23(20)15-22(19)32-17(3)28/h12-14,18-23H,5-11,15H2,1-4H3/b13-12+/t18-,19+,20+,21?,22+,23-/m0/s1. The maximum atomic E-state index is 14.7. The molecule has 0 bridgehead atoms. The van der Waals surface area contributed by atoms with E-state index in [4.69, 9.17) is 14.2 Å². The molecule has 2 aliphatic rings. The molecule has 1 unspecified atom stereocenters. The van der Waals surface area contributed by atoms with Crippen LogP contribution in [0.5, 0.6) is 0 Å². The van der Waals surface area contributed by atoms with Crippen LogP contribution in [0.15, 0.2) is 24.0 Å². The van der Waals surface area contributed by atoms with Crippen molar-refractivity contribution < 1.29 is 37.7 Å². The highest BCUT2D eigenvalue weighted by Crippen LogP contribution is 2.45. The number of hydrogen-bond donors (Lipinski definition) is 0. The van der Waals surface area contributed by atoms with E-state index in [-0.39, 0.29) is 60.6 Å². The Bertz CT molecular complexity index is 732. The van der Waals surface area contributed by atoms with Crippen LogP contribution in [-0.2, 0) is 33.3 Å². The molecule has 0 N–H and O–H groups in total. The average molecular weight is 469 g/mol. The van der Waals surface area contributed by atoms with Crippen LogP contribution < -0.4 is 0 Å². The molecule has 1 fully saturated rings. The van der Waals surface area contributed by atoms with Gasteiger partial charge in [-0.25, -0.2) is 4.39 Å². The van der Waals surface area contributed by atoms with Crippen LogP contribution in [-0.4, -0.2) is 49.5 Å². The molecule has 6 atom stereocenters. The third-order valence-corrected chi connectivity index (χ3v) is 6.06. The summed E-state index contributed by atoms with van der Waals surface area (Å²) in [7, 11) is 1.31. The van der Waals surface area contributed by atoms with Gasteiger partial charge in [0.1, 0.15) is 24.1 Å². The van der Waals surface area contributed by atoms with Gasteiger partial charge in [-0.3, -0.25) is 14.4 Å². The molecule has 0 spiro atoms. The quantitative estimate of drug-likeness (QED) is 0.169. The van der Waals surface area contributed by atoms with Gasteiger partial charge in [-0.15, -0.1) is 0 Å². The van der Waals surface area contributed by atoms with E-state index in [2.05, 4.69) is 11.7 Å². The number of rotatable bonds is 13. The summed E-state index contributed by atoms with van der Waals surface area (Å²) in [6.45, 7) is 4.86. The molecule has 0 aromatic rings. The van der Waals surface area contributed by atoms with Gasteiger partial charge in [0.15, 0.2) is 6.17 Å². The molecule has 0 amide bonds. The number of ether oxygens (including phenoxy) is 4. The summed E-state index contributed by atoms with van der Waals surface area (Å²) in [5.41, 5.74) is 0. The van der Waals surface area contributed by atoms with E-state index in [1.165, 1.54) is 21.0 Å². The maximum absolute atomic E-state index is 14.7. The lowest BCUT2D eigenvalue weighted by atomic mass is 9.92. The van der Waals surface area contributed by atoms with Crippen molar-refractivity contribution in [3.63, 3.8) is 0 Å². The fraction of sp³-hybridized carbons (Fsp3) is 0.720. The third-order valence-electron chi connectivity index (χ3n) is 6.06. The Balaban J connectivity index is 2.09. The molecule has 8 heteroatoms. The van der Waals surface area contributed by atoms with E-state index < -0.39 is 12.3 Å². The van der Waals surface area contributed by atoms with Gasteiger partial charge in [-0.2, -0.15) is 0 Å². The van der Waals surface area contributed by atoms with E-state index in [0.29, 0.717) is 19.3 Å². The second-order valence-electron chi connectivity index (χ2n) is 8.73. The van der Waals surface area contributed by atoms with Crippen LogP contribution >= 0.6 is 0 Å². The first kappa shape index (κ1) is 26.9. The lowest BCUT2D eigenvalue weighted by Gasteiger charge is -2.20. The molecule has 1 aliphatic heterocycles. The van der Waals surface area contributed by atoms with Gasteiger partial charge in [-0.1, -0.05) is 25.8 Å². The Morgan fingerprint density at radius 3 is 2.58 bits per heavy atom. The molecule has 1 heterocycles. The number of allylic oxidation sites excluding steroid dienone is 1. The van der Waals surface area contributed by atoms with E-state index in [1.807, 2.05) is 12.2 Å². The number of carbonyl (C=O) groups is 3. The maximum Gasteiger partial charge on any atom is 0.305 e. The molecule has 2 rings (SSSR count). The van der Waals surface area contributed by atoms with Crippen molar-refractivity contribution >= 4 is 17.9 Å². The Morgan fingerprint density at radius 1 is 1.18 bits per heavy atom.